The molecular formula is C16H23N3O2. The molecule has 21 heavy (non-hydrogen) atoms. The van der Waals surface area contributed by atoms with Gasteiger partial charge in [0, 0.05) is 43.0 Å². The summed E-state index contributed by atoms with van der Waals surface area (Å²) < 4.78 is 0. The van der Waals surface area contributed by atoms with Gasteiger partial charge >= 0.3 is 0 Å². The van der Waals surface area contributed by atoms with Crippen LogP contribution in [0.1, 0.15) is 42.4 Å². The van der Waals surface area contributed by atoms with E-state index in [9.17, 15) is 9.59 Å². The van der Waals surface area contributed by atoms with Crippen molar-refractivity contribution < 1.29 is 4.79 Å². The van der Waals surface area contributed by atoms with E-state index in [1.165, 1.54) is 31.4 Å². The van der Waals surface area contributed by atoms with Crippen molar-refractivity contribution in [3.8, 4) is 0 Å². The third-order valence-corrected chi connectivity index (χ3v) is 4.68. The van der Waals surface area contributed by atoms with Crippen molar-refractivity contribution >= 4 is 5.91 Å². The van der Waals surface area contributed by atoms with Gasteiger partial charge in [0.1, 0.15) is 5.69 Å². The fraction of sp³-hybridized carbons (Fsp3) is 0.625. The second kappa shape index (κ2) is 5.64. The summed E-state index contributed by atoms with van der Waals surface area (Å²) in [6.45, 7) is 6.78. The number of nitrogens with zero attached hydrogens (tertiary/aromatic N) is 2. The Morgan fingerprint density at radius 1 is 1.29 bits per heavy atom. The van der Waals surface area contributed by atoms with Crippen LogP contribution < -0.4 is 5.43 Å². The summed E-state index contributed by atoms with van der Waals surface area (Å²) in [7, 11) is 0. The number of likely N-dealkylation sites (tertiary alicyclic amines) is 2. The number of amides is 1. The normalized spacial score (nSPS) is 23.9. The second-order valence-corrected chi connectivity index (χ2v) is 6.36. The largest absolute Gasteiger partial charge is 0.354 e. The number of nitrogens with one attached hydrogen (secondary N) is 1. The molecule has 0 aliphatic carbocycles. The number of aromatic amines is 1. The van der Waals surface area contributed by atoms with E-state index in [-0.39, 0.29) is 11.3 Å². The zero-order chi connectivity index (χ0) is 15.0. The minimum atomic E-state index is -0.115. The smallest absolute Gasteiger partial charge is 0.270 e. The average Bonchev–Trinajstić information content (AvgIpc) is 2.38. The first-order valence-electron chi connectivity index (χ1n) is 7.80. The highest BCUT2D eigenvalue weighted by molar-refractivity contribution is 5.93. The highest BCUT2D eigenvalue weighted by atomic mass is 16.2. The van der Waals surface area contributed by atoms with Crippen molar-refractivity contribution in [2.24, 2.45) is 0 Å². The molecule has 114 valence electrons. The minimum absolute atomic E-state index is 0.0586. The number of H-pyrrole nitrogens is 1. The number of rotatable bonds is 2. The van der Waals surface area contributed by atoms with Gasteiger partial charge in [0.2, 0.25) is 0 Å². The van der Waals surface area contributed by atoms with Crippen molar-refractivity contribution in [1.82, 2.24) is 14.8 Å². The number of hydrogen-bond acceptors (Lipinski definition) is 3. The Morgan fingerprint density at radius 3 is 2.71 bits per heavy atom. The van der Waals surface area contributed by atoms with Gasteiger partial charge in [-0.1, -0.05) is 6.42 Å². The van der Waals surface area contributed by atoms with E-state index in [0.717, 1.165) is 25.3 Å². The SMILES string of the molecule is Cc1cc(=O)cc(C(=O)N2CC(N3CCCCC3C)C2)[nH]1. The van der Waals surface area contributed by atoms with Gasteiger partial charge in [-0.2, -0.15) is 0 Å². The molecule has 0 aromatic carbocycles. The number of aromatic nitrogens is 1. The van der Waals surface area contributed by atoms with E-state index in [0.29, 0.717) is 17.8 Å². The predicted molar refractivity (Wildman–Crippen MR) is 81.5 cm³/mol. The first-order valence-corrected chi connectivity index (χ1v) is 7.80. The zero-order valence-corrected chi connectivity index (χ0v) is 12.8. The van der Waals surface area contributed by atoms with Gasteiger partial charge in [-0.05, 0) is 33.2 Å². The molecule has 1 amide bonds. The van der Waals surface area contributed by atoms with E-state index >= 15 is 0 Å². The molecule has 0 spiro atoms. The molecule has 0 saturated carbocycles. The van der Waals surface area contributed by atoms with Crippen molar-refractivity contribution in [2.45, 2.75) is 45.2 Å². The van der Waals surface area contributed by atoms with Crippen molar-refractivity contribution in [1.29, 1.82) is 0 Å². The number of pyridine rings is 1. The van der Waals surface area contributed by atoms with Crippen LogP contribution in [0.3, 0.4) is 0 Å². The number of piperidine rings is 1. The number of aryl methyl sites for hydroxylation is 1. The van der Waals surface area contributed by atoms with Gasteiger partial charge in [-0.15, -0.1) is 0 Å². The van der Waals surface area contributed by atoms with E-state index < -0.39 is 0 Å². The molecule has 3 rings (SSSR count). The molecular weight excluding hydrogens is 266 g/mol. The van der Waals surface area contributed by atoms with Gasteiger partial charge < -0.3 is 9.88 Å². The summed E-state index contributed by atoms with van der Waals surface area (Å²) in [6, 6.07) is 4.01. The third-order valence-electron chi connectivity index (χ3n) is 4.68. The maximum absolute atomic E-state index is 12.4. The summed E-state index contributed by atoms with van der Waals surface area (Å²) in [5.74, 6) is -0.0586. The minimum Gasteiger partial charge on any atom is -0.354 e. The molecule has 3 heterocycles. The average molecular weight is 289 g/mol. The Hall–Kier alpha value is -1.62. The highest BCUT2D eigenvalue weighted by Gasteiger charge is 2.37. The summed E-state index contributed by atoms with van der Waals surface area (Å²) in [4.78, 5) is 31.2. The third kappa shape index (κ3) is 2.88. The van der Waals surface area contributed by atoms with Crippen molar-refractivity contribution in [3.63, 3.8) is 0 Å². The number of carbonyl (C=O) groups excluding carboxylic acids is 1. The first kappa shape index (κ1) is 14.3. The van der Waals surface area contributed by atoms with Crippen LogP contribution in [0.4, 0.5) is 0 Å². The van der Waals surface area contributed by atoms with E-state index in [1.807, 2.05) is 4.90 Å². The molecule has 5 nitrogen and oxygen atoms in total. The highest BCUT2D eigenvalue weighted by Crippen LogP contribution is 2.25. The van der Waals surface area contributed by atoms with Gasteiger partial charge in [0.05, 0.1) is 0 Å². The zero-order valence-electron chi connectivity index (χ0n) is 12.8. The summed E-state index contributed by atoms with van der Waals surface area (Å²) in [6.07, 6.45) is 3.84. The Kier molecular flexibility index (Phi) is 3.85. The number of hydrogen-bond donors (Lipinski definition) is 1. The van der Waals surface area contributed by atoms with Crippen LogP contribution in [0.25, 0.3) is 0 Å². The second-order valence-electron chi connectivity index (χ2n) is 6.36. The Bertz CT molecular complexity index is 589. The fourth-order valence-corrected chi connectivity index (χ4v) is 3.46. The van der Waals surface area contributed by atoms with Crippen LogP contribution in [0.5, 0.6) is 0 Å². The summed E-state index contributed by atoms with van der Waals surface area (Å²) >= 11 is 0. The molecule has 5 heteroatoms. The molecule has 1 aromatic rings. The maximum Gasteiger partial charge on any atom is 0.270 e. The molecule has 1 atom stereocenters. The Balaban J connectivity index is 1.63. The summed E-state index contributed by atoms with van der Waals surface area (Å²) in [5, 5.41) is 0. The number of carbonyl (C=O) groups is 1. The lowest BCUT2D eigenvalue weighted by atomic mass is 9.97. The lowest BCUT2D eigenvalue weighted by Crippen LogP contribution is -2.63. The van der Waals surface area contributed by atoms with Crippen LogP contribution in [-0.2, 0) is 0 Å². The van der Waals surface area contributed by atoms with Crippen LogP contribution in [0.2, 0.25) is 0 Å². The molecule has 1 N–H and O–H groups in total. The Labute approximate surface area is 124 Å². The van der Waals surface area contributed by atoms with Gasteiger partial charge in [-0.25, -0.2) is 0 Å². The summed E-state index contributed by atoms with van der Waals surface area (Å²) in [5.41, 5.74) is 1.02. The van der Waals surface area contributed by atoms with Crippen LogP contribution >= 0.6 is 0 Å². The van der Waals surface area contributed by atoms with Crippen LogP contribution in [0.15, 0.2) is 16.9 Å². The molecule has 0 bridgehead atoms. The van der Waals surface area contributed by atoms with Crippen LogP contribution in [0, 0.1) is 6.92 Å². The molecule has 2 aliphatic heterocycles. The molecule has 0 radical (unpaired) electrons. The molecule has 2 aliphatic rings. The molecule has 2 saturated heterocycles. The maximum atomic E-state index is 12.4. The van der Waals surface area contributed by atoms with Gasteiger partial charge in [-0.3, -0.25) is 14.5 Å². The topological polar surface area (TPSA) is 56.4 Å². The van der Waals surface area contributed by atoms with E-state index in [1.54, 1.807) is 6.92 Å². The Morgan fingerprint density at radius 2 is 2.05 bits per heavy atom. The molecule has 1 unspecified atom stereocenters. The quantitative estimate of drug-likeness (QED) is 0.895. The lowest BCUT2D eigenvalue weighted by molar-refractivity contribution is 0.00179. The molecule has 1 aromatic heterocycles. The predicted octanol–water partition coefficient (Wildman–Crippen LogP) is 1.38. The lowest BCUT2D eigenvalue weighted by Gasteiger charge is -2.49. The fourth-order valence-electron chi connectivity index (χ4n) is 3.46. The van der Waals surface area contributed by atoms with Gasteiger partial charge in [0.15, 0.2) is 5.43 Å². The van der Waals surface area contributed by atoms with Crippen molar-refractivity contribution in [3.05, 3.63) is 33.7 Å². The van der Waals surface area contributed by atoms with E-state index in [2.05, 4.69) is 16.8 Å². The first-order chi connectivity index (χ1) is 10.0. The standard InChI is InChI=1S/C16H23N3O2/c1-11-7-14(20)8-15(17-11)16(21)18-9-13(10-18)19-6-4-3-5-12(19)2/h7-8,12-13H,3-6,9-10H2,1-2H3,(H,17,20). The molecule has 2 fully saturated rings. The monoisotopic (exact) mass is 289 g/mol. The van der Waals surface area contributed by atoms with Crippen molar-refractivity contribution in [2.75, 3.05) is 19.6 Å². The van der Waals surface area contributed by atoms with Gasteiger partial charge in [0.25, 0.3) is 5.91 Å². The van der Waals surface area contributed by atoms with E-state index in [4.69, 9.17) is 0 Å². The van der Waals surface area contributed by atoms with Crippen LogP contribution in [-0.4, -0.2) is 52.4 Å².